The predicted molar refractivity (Wildman–Crippen MR) is 103 cm³/mol. The molecule has 0 spiro atoms. The Morgan fingerprint density at radius 2 is 1.76 bits per heavy atom. The van der Waals surface area contributed by atoms with Gasteiger partial charge in [-0.15, -0.1) is 0 Å². The van der Waals surface area contributed by atoms with Crippen LogP contribution in [0.25, 0.3) is 0 Å². The Kier molecular flexibility index (Phi) is 6.77. The van der Waals surface area contributed by atoms with Gasteiger partial charge in [0.05, 0.1) is 11.7 Å². The predicted octanol–water partition coefficient (Wildman–Crippen LogP) is 4.04. The lowest BCUT2D eigenvalue weighted by Crippen LogP contribution is -2.52. The zero-order chi connectivity index (χ0) is 21.1. The van der Waals surface area contributed by atoms with E-state index in [4.69, 9.17) is 11.6 Å². The topological polar surface area (TPSA) is 35.6 Å². The molecule has 1 aliphatic heterocycles. The fourth-order valence-corrected chi connectivity index (χ4v) is 3.45. The van der Waals surface area contributed by atoms with E-state index in [1.165, 1.54) is 12.1 Å². The quantitative estimate of drug-likeness (QED) is 0.575. The smallest absolute Gasteiger partial charge is 0.241 e. The van der Waals surface area contributed by atoms with E-state index >= 15 is 0 Å². The van der Waals surface area contributed by atoms with Crippen molar-refractivity contribution in [2.75, 3.05) is 31.5 Å². The first-order chi connectivity index (χ1) is 13.8. The Morgan fingerprint density at radius 1 is 1.07 bits per heavy atom. The summed E-state index contributed by atoms with van der Waals surface area (Å²) in [4.78, 5) is 16.5. The first kappa shape index (κ1) is 21.5. The first-order valence-electron chi connectivity index (χ1n) is 9.11. The molecule has 1 aliphatic rings. The highest BCUT2D eigenvalue weighted by Gasteiger charge is 2.27. The summed E-state index contributed by atoms with van der Waals surface area (Å²) in [6.07, 6.45) is 0. The molecule has 1 N–H and O–H groups in total. The second kappa shape index (κ2) is 9.11. The lowest BCUT2D eigenvalue weighted by atomic mass is 10.1. The molecule has 4 nitrogen and oxygen atoms in total. The van der Waals surface area contributed by atoms with Crippen molar-refractivity contribution in [3.63, 3.8) is 0 Å². The van der Waals surface area contributed by atoms with Crippen LogP contribution in [-0.2, 0) is 11.3 Å². The van der Waals surface area contributed by atoms with Gasteiger partial charge in [-0.05, 0) is 36.8 Å². The van der Waals surface area contributed by atoms with Crippen molar-refractivity contribution in [1.29, 1.82) is 0 Å². The maximum absolute atomic E-state index is 13.8. The molecule has 1 atom stereocenters. The van der Waals surface area contributed by atoms with Crippen LogP contribution in [0, 0.1) is 23.3 Å². The Morgan fingerprint density at radius 3 is 2.41 bits per heavy atom. The van der Waals surface area contributed by atoms with Gasteiger partial charge in [-0.1, -0.05) is 17.7 Å². The average molecular weight is 430 g/mol. The van der Waals surface area contributed by atoms with E-state index in [0.29, 0.717) is 37.7 Å². The molecule has 1 fully saturated rings. The average Bonchev–Trinajstić information content (AvgIpc) is 2.70. The SMILES string of the molecule is CC(C(=O)Nc1ccc(F)c(F)c1F)N1CCN(Cc2ccc(F)cc2Cl)CC1. The number of hydrogen-bond donors (Lipinski definition) is 1. The van der Waals surface area contributed by atoms with E-state index in [-0.39, 0.29) is 5.82 Å². The van der Waals surface area contributed by atoms with Crippen molar-refractivity contribution in [3.05, 3.63) is 64.2 Å². The summed E-state index contributed by atoms with van der Waals surface area (Å²) in [6, 6.07) is 5.45. The van der Waals surface area contributed by atoms with Crippen LogP contribution < -0.4 is 5.32 Å². The van der Waals surface area contributed by atoms with Gasteiger partial charge in [0.25, 0.3) is 0 Å². The van der Waals surface area contributed by atoms with Gasteiger partial charge in [0.2, 0.25) is 5.91 Å². The fourth-order valence-electron chi connectivity index (χ4n) is 3.23. The van der Waals surface area contributed by atoms with Crippen molar-refractivity contribution < 1.29 is 22.4 Å². The number of piperazine rings is 1. The summed E-state index contributed by atoms with van der Waals surface area (Å²) in [5.74, 6) is -5.26. The molecule has 0 radical (unpaired) electrons. The number of nitrogens with one attached hydrogen (secondary N) is 1. The highest BCUT2D eigenvalue weighted by Crippen LogP contribution is 2.22. The Hall–Kier alpha value is -2.16. The summed E-state index contributed by atoms with van der Waals surface area (Å²) in [5, 5.41) is 2.68. The summed E-state index contributed by atoms with van der Waals surface area (Å²) in [6.45, 7) is 4.70. The summed E-state index contributed by atoms with van der Waals surface area (Å²) in [7, 11) is 0. The number of carbonyl (C=O) groups excluding carboxylic acids is 1. The van der Waals surface area contributed by atoms with Crippen LogP contribution in [0.1, 0.15) is 12.5 Å². The van der Waals surface area contributed by atoms with Crippen LogP contribution >= 0.6 is 11.6 Å². The molecule has 2 aromatic carbocycles. The minimum Gasteiger partial charge on any atom is -0.322 e. The van der Waals surface area contributed by atoms with Crippen molar-refractivity contribution >= 4 is 23.2 Å². The molecule has 1 heterocycles. The molecule has 0 aromatic heterocycles. The molecule has 0 saturated carbocycles. The number of anilines is 1. The van der Waals surface area contributed by atoms with Crippen molar-refractivity contribution in [3.8, 4) is 0 Å². The summed E-state index contributed by atoms with van der Waals surface area (Å²) >= 11 is 6.07. The van der Waals surface area contributed by atoms with E-state index in [1.54, 1.807) is 13.0 Å². The van der Waals surface area contributed by atoms with Gasteiger partial charge in [0.15, 0.2) is 17.5 Å². The van der Waals surface area contributed by atoms with E-state index in [0.717, 1.165) is 17.7 Å². The maximum atomic E-state index is 13.8. The minimum absolute atomic E-state index is 0.369. The van der Waals surface area contributed by atoms with Crippen LogP contribution in [0.2, 0.25) is 5.02 Å². The number of amides is 1. The zero-order valence-electron chi connectivity index (χ0n) is 15.7. The van der Waals surface area contributed by atoms with Gasteiger partial charge in [-0.3, -0.25) is 14.6 Å². The molecule has 1 amide bonds. The Bertz CT molecular complexity index is 904. The molecule has 0 aliphatic carbocycles. The van der Waals surface area contributed by atoms with Crippen LogP contribution in [0.3, 0.4) is 0 Å². The van der Waals surface area contributed by atoms with Crippen molar-refractivity contribution in [2.45, 2.75) is 19.5 Å². The maximum Gasteiger partial charge on any atom is 0.241 e. The third-order valence-electron chi connectivity index (χ3n) is 5.04. The minimum atomic E-state index is -1.62. The molecule has 29 heavy (non-hydrogen) atoms. The first-order valence-corrected chi connectivity index (χ1v) is 9.48. The number of carbonyl (C=O) groups is 1. The highest BCUT2D eigenvalue weighted by atomic mass is 35.5. The van der Waals surface area contributed by atoms with Gasteiger partial charge in [0.1, 0.15) is 5.82 Å². The van der Waals surface area contributed by atoms with Gasteiger partial charge >= 0.3 is 0 Å². The van der Waals surface area contributed by atoms with E-state index in [9.17, 15) is 22.4 Å². The Labute approximate surface area is 171 Å². The molecule has 2 aromatic rings. The summed E-state index contributed by atoms with van der Waals surface area (Å²) in [5.41, 5.74) is 0.423. The van der Waals surface area contributed by atoms with Crippen molar-refractivity contribution in [1.82, 2.24) is 9.80 Å². The van der Waals surface area contributed by atoms with E-state index in [2.05, 4.69) is 10.2 Å². The summed E-state index contributed by atoms with van der Waals surface area (Å²) < 4.78 is 53.3. The lowest BCUT2D eigenvalue weighted by Gasteiger charge is -2.37. The molecule has 3 rings (SSSR count). The zero-order valence-corrected chi connectivity index (χ0v) is 16.4. The normalized spacial score (nSPS) is 16.6. The number of halogens is 5. The number of rotatable bonds is 5. The molecule has 9 heteroatoms. The number of nitrogens with zero attached hydrogens (tertiary/aromatic N) is 2. The van der Waals surface area contributed by atoms with Gasteiger partial charge < -0.3 is 5.32 Å². The highest BCUT2D eigenvalue weighted by molar-refractivity contribution is 6.31. The second-order valence-corrected chi connectivity index (χ2v) is 7.34. The Balaban J connectivity index is 1.55. The van der Waals surface area contributed by atoms with Crippen LogP contribution in [-0.4, -0.2) is 47.9 Å². The number of benzene rings is 2. The van der Waals surface area contributed by atoms with Crippen LogP contribution in [0.4, 0.5) is 23.2 Å². The van der Waals surface area contributed by atoms with Gasteiger partial charge in [-0.25, -0.2) is 17.6 Å². The van der Waals surface area contributed by atoms with Gasteiger partial charge in [0, 0.05) is 37.7 Å². The van der Waals surface area contributed by atoms with E-state index < -0.39 is 35.1 Å². The molecular weight excluding hydrogens is 410 g/mol. The third kappa shape index (κ3) is 5.07. The molecule has 156 valence electrons. The van der Waals surface area contributed by atoms with Gasteiger partial charge in [-0.2, -0.15) is 0 Å². The fraction of sp³-hybridized carbons (Fsp3) is 0.350. The van der Waals surface area contributed by atoms with E-state index in [1.807, 2.05) is 4.90 Å². The molecule has 0 bridgehead atoms. The molecule has 1 saturated heterocycles. The monoisotopic (exact) mass is 429 g/mol. The molecular formula is C20H20ClF4N3O. The second-order valence-electron chi connectivity index (χ2n) is 6.94. The number of hydrogen-bond acceptors (Lipinski definition) is 3. The molecule has 1 unspecified atom stereocenters. The third-order valence-corrected chi connectivity index (χ3v) is 5.39. The largest absolute Gasteiger partial charge is 0.322 e. The van der Waals surface area contributed by atoms with Crippen LogP contribution in [0.5, 0.6) is 0 Å². The van der Waals surface area contributed by atoms with Crippen molar-refractivity contribution in [2.24, 2.45) is 0 Å². The lowest BCUT2D eigenvalue weighted by molar-refractivity contribution is -0.121. The standard InChI is InChI=1S/C20H20ClF4N3O/c1-12(20(29)26-17-5-4-16(23)18(24)19(17)25)28-8-6-27(7-9-28)11-13-2-3-14(22)10-15(13)21/h2-5,10,12H,6-9,11H2,1H3,(H,26,29). The van der Waals surface area contributed by atoms with Crippen LogP contribution in [0.15, 0.2) is 30.3 Å².